The zero-order valence-corrected chi connectivity index (χ0v) is 16.5. The number of aromatic carboxylic acids is 1. The van der Waals surface area contributed by atoms with E-state index in [1.165, 1.54) is 4.57 Å². The first-order valence-electron chi connectivity index (χ1n) is 9.74. The van der Waals surface area contributed by atoms with Crippen molar-refractivity contribution in [1.29, 1.82) is 0 Å². The number of hydrogen-bond donors (Lipinski definition) is 2. The number of halogens is 2. The molecular formula is C20H25F2N3O4. The van der Waals surface area contributed by atoms with Crippen molar-refractivity contribution in [2.45, 2.75) is 32.9 Å². The highest BCUT2D eigenvalue weighted by Crippen LogP contribution is 2.31. The lowest BCUT2D eigenvalue weighted by atomic mass is 10.1. The Morgan fingerprint density at radius 1 is 1.38 bits per heavy atom. The fourth-order valence-corrected chi connectivity index (χ4v) is 3.71. The molecule has 0 bridgehead atoms. The molecule has 0 amide bonds. The number of benzene rings is 1. The maximum absolute atomic E-state index is 15.5. The third kappa shape index (κ3) is 4.11. The van der Waals surface area contributed by atoms with Crippen LogP contribution in [0.1, 0.15) is 30.6 Å². The molecule has 3 rings (SSSR count). The number of nitrogens with one attached hydrogen (secondary N) is 1. The van der Waals surface area contributed by atoms with Gasteiger partial charge in [-0.1, -0.05) is 6.92 Å². The number of rotatable bonds is 7. The van der Waals surface area contributed by atoms with Crippen LogP contribution in [0.4, 0.5) is 14.5 Å². The number of nitrogens with zero attached hydrogens (tertiary/aromatic N) is 2. The number of pyridine rings is 1. The molecule has 1 aromatic carbocycles. The second kappa shape index (κ2) is 8.87. The third-order valence-electron chi connectivity index (χ3n) is 5.15. The number of fused-ring (bicyclic) bond motifs is 1. The summed E-state index contributed by atoms with van der Waals surface area (Å²) < 4.78 is 37.4. The molecule has 0 aliphatic carbocycles. The SMILES string of the molecule is CCNCCC1CN(c2c(F)cc3c(=O)c(C(=O)O)cn(CC)c3c2F)CCO1. The molecule has 29 heavy (non-hydrogen) atoms. The van der Waals surface area contributed by atoms with Crippen molar-refractivity contribution in [1.82, 2.24) is 9.88 Å². The maximum Gasteiger partial charge on any atom is 0.341 e. The van der Waals surface area contributed by atoms with Crippen LogP contribution in [0.2, 0.25) is 0 Å². The first kappa shape index (κ1) is 21.2. The predicted molar refractivity (Wildman–Crippen MR) is 106 cm³/mol. The van der Waals surface area contributed by atoms with Gasteiger partial charge in [-0.2, -0.15) is 0 Å². The van der Waals surface area contributed by atoms with Crippen molar-refractivity contribution in [2.24, 2.45) is 0 Å². The van der Waals surface area contributed by atoms with E-state index in [1.54, 1.807) is 11.8 Å². The highest BCUT2D eigenvalue weighted by molar-refractivity contribution is 5.93. The molecular weight excluding hydrogens is 384 g/mol. The van der Waals surface area contributed by atoms with Crippen LogP contribution in [0.3, 0.4) is 0 Å². The molecule has 0 spiro atoms. The van der Waals surface area contributed by atoms with E-state index in [-0.39, 0.29) is 29.2 Å². The standard InChI is InChI=1S/C20H25F2N3O4/c1-3-23-6-5-12-10-25(7-8-29-12)18-15(21)9-13-17(16(18)22)24(4-2)11-14(19(13)26)20(27)28/h9,11-12,23H,3-8,10H2,1-2H3,(H,27,28). The van der Waals surface area contributed by atoms with Crippen LogP contribution >= 0.6 is 0 Å². The molecule has 158 valence electrons. The van der Waals surface area contributed by atoms with Crippen LogP contribution in [0.15, 0.2) is 17.1 Å². The number of anilines is 1. The molecule has 1 aliphatic heterocycles. The number of carboxylic acids is 1. The Kier molecular flexibility index (Phi) is 6.49. The molecule has 0 saturated carbocycles. The molecule has 1 saturated heterocycles. The average Bonchev–Trinajstić information content (AvgIpc) is 2.69. The lowest BCUT2D eigenvalue weighted by Crippen LogP contribution is -2.44. The smallest absolute Gasteiger partial charge is 0.341 e. The number of carboxylic acid groups (broad SMARTS) is 1. The zero-order valence-electron chi connectivity index (χ0n) is 16.5. The first-order chi connectivity index (χ1) is 13.9. The summed E-state index contributed by atoms with van der Waals surface area (Å²) in [6.45, 7) is 6.48. The normalized spacial score (nSPS) is 17.1. The molecule has 9 heteroatoms. The summed E-state index contributed by atoms with van der Waals surface area (Å²) >= 11 is 0. The number of carbonyl (C=O) groups is 1. The van der Waals surface area contributed by atoms with E-state index in [1.807, 2.05) is 6.92 Å². The van der Waals surface area contributed by atoms with E-state index >= 15 is 4.39 Å². The van der Waals surface area contributed by atoms with Gasteiger partial charge in [0.2, 0.25) is 5.43 Å². The molecule has 2 heterocycles. The minimum atomic E-state index is -1.43. The van der Waals surface area contributed by atoms with Gasteiger partial charge >= 0.3 is 5.97 Å². The Morgan fingerprint density at radius 3 is 2.79 bits per heavy atom. The van der Waals surface area contributed by atoms with Gasteiger partial charge in [0.15, 0.2) is 5.82 Å². The first-order valence-corrected chi connectivity index (χ1v) is 9.74. The highest BCUT2D eigenvalue weighted by atomic mass is 19.1. The van der Waals surface area contributed by atoms with Gasteiger partial charge in [-0.15, -0.1) is 0 Å². The summed E-state index contributed by atoms with van der Waals surface area (Å²) in [5, 5.41) is 12.2. The van der Waals surface area contributed by atoms with E-state index in [0.29, 0.717) is 26.1 Å². The monoisotopic (exact) mass is 409 g/mol. The summed E-state index contributed by atoms with van der Waals surface area (Å²) in [6.07, 6.45) is 1.65. The van der Waals surface area contributed by atoms with Gasteiger partial charge in [0.05, 0.1) is 23.6 Å². The topological polar surface area (TPSA) is 83.8 Å². The average molecular weight is 409 g/mol. The predicted octanol–water partition coefficient (Wildman–Crippen LogP) is 2.20. The van der Waals surface area contributed by atoms with Gasteiger partial charge in [0.25, 0.3) is 0 Å². The number of aromatic nitrogens is 1. The molecule has 1 aliphatic rings. The van der Waals surface area contributed by atoms with Crippen LogP contribution < -0.4 is 15.6 Å². The van der Waals surface area contributed by atoms with Crippen molar-refractivity contribution in [3.8, 4) is 0 Å². The number of hydrogen-bond acceptors (Lipinski definition) is 5. The van der Waals surface area contributed by atoms with E-state index in [4.69, 9.17) is 4.74 Å². The van der Waals surface area contributed by atoms with Gasteiger partial charge in [-0.3, -0.25) is 4.79 Å². The molecule has 1 aromatic heterocycles. The van der Waals surface area contributed by atoms with Crippen molar-refractivity contribution in [2.75, 3.05) is 37.7 Å². The third-order valence-corrected chi connectivity index (χ3v) is 5.15. The molecule has 2 aromatic rings. The molecule has 7 nitrogen and oxygen atoms in total. The van der Waals surface area contributed by atoms with Crippen molar-refractivity contribution in [3.63, 3.8) is 0 Å². The Labute approximate surface area is 166 Å². The van der Waals surface area contributed by atoms with Crippen molar-refractivity contribution in [3.05, 3.63) is 39.7 Å². The zero-order chi connectivity index (χ0) is 21.1. The number of aryl methyl sites for hydroxylation is 1. The number of morpholine rings is 1. The Hall–Kier alpha value is -2.52. The lowest BCUT2D eigenvalue weighted by molar-refractivity contribution is 0.0351. The van der Waals surface area contributed by atoms with Gasteiger partial charge in [0, 0.05) is 25.8 Å². The van der Waals surface area contributed by atoms with E-state index < -0.39 is 28.6 Å². The molecule has 1 atom stereocenters. The molecule has 1 unspecified atom stereocenters. The minimum absolute atomic E-state index is 0.0883. The van der Waals surface area contributed by atoms with Crippen LogP contribution in [0, 0.1) is 11.6 Å². The van der Waals surface area contributed by atoms with Crippen molar-refractivity contribution < 1.29 is 23.4 Å². The number of ether oxygens (including phenoxy) is 1. The summed E-state index contributed by atoms with van der Waals surface area (Å²) in [5.41, 5.74) is -1.71. The molecule has 0 radical (unpaired) electrons. The van der Waals surface area contributed by atoms with Gasteiger partial charge in [-0.25, -0.2) is 13.6 Å². The molecule has 1 fully saturated rings. The van der Waals surface area contributed by atoms with Crippen LogP contribution in [-0.2, 0) is 11.3 Å². The van der Waals surface area contributed by atoms with Gasteiger partial charge in [-0.05, 0) is 32.5 Å². The second-order valence-corrected chi connectivity index (χ2v) is 6.96. The fourth-order valence-electron chi connectivity index (χ4n) is 3.71. The summed E-state index contributed by atoms with van der Waals surface area (Å²) in [7, 11) is 0. The highest BCUT2D eigenvalue weighted by Gasteiger charge is 2.28. The van der Waals surface area contributed by atoms with Crippen LogP contribution in [-0.4, -0.2) is 54.5 Å². The summed E-state index contributed by atoms with van der Waals surface area (Å²) in [4.78, 5) is 25.4. The fraction of sp³-hybridized carbons (Fsp3) is 0.500. The summed E-state index contributed by atoms with van der Waals surface area (Å²) in [5.74, 6) is -3.17. The van der Waals surface area contributed by atoms with Gasteiger partial charge in [0.1, 0.15) is 17.1 Å². The Bertz CT molecular complexity index is 977. The van der Waals surface area contributed by atoms with E-state index in [9.17, 15) is 19.1 Å². The van der Waals surface area contributed by atoms with E-state index in [2.05, 4.69) is 5.32 Å². The Balaban J connectivity index is 2.06. The van der Waals surface area contributed by atoms with Crippen LogP contribution in [0.25, 0.3) is 10.9 Å². The van der Waals surface area contributed by atoms with Crippen molar-refractivity contribution >= 4 is 22.6 Å². The lowest BCUT2D eigenvalue weighted by Gasteiger charge is -2.35. The quantitative estimate of drug-likeness (QED) is 0.683. The van der Waals surface area contributed by atoms with Gasteiger partial charge < -0.3 is 24.6 Å². The second-order valence-electron chi connectivity index (χ2n) is 6.96. The minimum Gasteiger partial charge on any atom is -0.477 e. The Morgan fingerprint density at radius 2 is 2.14 bits per heavy atom. The van der Waals surface area contributed by atoms with Crippen LogP contribution in [0.5, 0.6) is 0 Å². The van der Waals surface area contributed by atoms with E-state index in [0.717, 1.165) is 25.4 Å². The molecule has 2 N–H and O–H groups in total. The maximum atomic E-state index is 15.5. The summed E-state index contributed by atoms with van der Waals surface area (Å²) in [6, 6.07) is 0.942. The largest absolute Gasteiger partial charge is 0.477 e.